The third-order valence-electron chi connectivity index (χ3n) is 5.10. The van der Waals surface area contributed by atoms with Crippen LogP contribution in [0.5, 0.6) is 5.88 Å². The third kappa shape index (κ3) is 3.75. The minimum atomic E-state index is -0.308. The minimum Gasteiger partial charge on any atom is -0.472 e. The second-order valence-electron chi connectivity index (χ2n) is 7.31. The van der Waals surface area contributed by atoms with Gasteiger partial charge in [-0.3, -0.25) is 4.79 Å². The Bertz CT molecular complexity index is 1300. The topological polar surface area (TPSA) is 83.6 Å². The van der Waals surface area contributed by atoms with Crippen molar-refractivity contribution in [1.29, 1.82) is 5.41 Å². The molecule has 154 valence electrons. The summed E-state index contributed by atoms with van der Waals surface area (Å²) in [6.07, 6.45) is 1.90. The number of carbonyl (C=O) groups excluding carboxylic acids is 1. The van der Waals surface area contributed by atoms with E-state index in [4.69, 9.17) is 10.1 Å². The highest BCUT2D eigenvalue weighted by Crippen LogP contribution is 2.26. The molecule has 2 aromatic heterocycles. The minimum absolute atomic E-state index is 0.0608. The lowest BCUT2D eigenvalue weighted by Crippen LogP contribution is -2.24. The Kier molecular flexibility index (Phi) is 4.66. The summed E-state index contributed by atoms with van der Waals surface area (Å²) in [7, 11) is 0. The van der Waals surface area contributed by atoms with E-state index in [1.54, 1.807) is 39.9 Å². The lowest BCUT2D eigenvalue weighted by molar-refractivity contribution is -0.116. The lowest BCUT2D eigenvalue weighted by atomic mass is 10.1. The van der Waals surface area contributed by atoms with Crippen LogP contribution in [0, 0.1) is 11.2 Å². The van der Waals surface area contributed by atoms with Gasteiger partial charge in [0.1, 0.15) is 12.4 Å². The van der Waals surface area contributed by atoms with Crippen molar-refractivity contribution >= 4 is 23.0 Å². The lowest BCUT2D eigenvalue weighted by Gasteiger charge is -2.15. The molecule has 7 nitrogen and oxygen atoms in total. The molecule has 0 saturated carbocycles. The highest BCUT2D eigenvalue weighted by Gasteiger charge is 2.26. The maximum atomic E-state index is 13.4. The number of fused-ring (bicyclic) bond motifs is 1. The van der Waals surface area contributed by atoms with E-state index in [0.29, 0.717) is 29.3 Å². The van der Waals surface area contributed by atoms with Gasteiger partial charge >= 0.3 is 0 Å². The van der Waals surface area contributed by atoms with E-state index in [1.807, 2.05) is 24.3 Å². The van der Waals surface area contributed by atoms with Gasteiger partial charge in [-0.1, -0.05) is 24.3 Å². The molecule has 1 fully saturated rings. The predicted octanol–water partition coefficient (Wildman–Crippen LogP) is 3.87. The molecular weight excluding hydrogens is 397 g/mol. The molecule has 0 atom stereocenters. The first-order chi connectivity index (χ1) is 15.1. The van der Waals surface area contributed by atoms with Crippen molar-refractivity contribution in [3.05, 3.63) is 78.2 Å². The average molecular weight is 415 g/mol. The smallest absolute Gasteiger partial charge is 0.233 e. The normalized spacial score (nSPS) is 13.9. The second-order valence-corrected chi connectivity index (χ2v) is 7.31. The number of carbonyl (C=O) groups is 1. The van der Waals surface area contributed by atoms with Crippen molar-refractivity contribution in [2.24, 2.45) is 0 Å². The number of anilines is 1. The second kappa shape index (κ2) is 7.64. The molecule has 0 aliphatic carbocycles. The summed E-state index contributed by atoms with van der Waals surface area (Å²) in [5.41, 5.74) is 4.22. The number of rotatable bonds is 5. The number of halogens is 1. The largest absolute Gasteiger partial charge is 0.472 e. The van der Waals surface area contributed by atoms with Gasteiger partial charge in [-0.15, -0.1) is 5.10 Å². The first-order valence-electron chi connectivity index (χ1n) is 9.76. The van der Waals surface area contributed by atoms with Crippen LogP contribution in [0.3, 0.4) is 0 Å². The molecule has 31 heavy (non-hydrogen) atoms. The summed E-state index contributed by atoms with van der Waals surface area (Å²) in [5, 5.41) is 12.2. The van der Waals surface area contributed by atoms with Crippen LogP contribution in [-0.2, 0) is 11.4 Å². The third-order valence-corrected chi connectivity index (χ3v) is 5.10. The van der Waals surface area contributed by atoms with E-state index in [9.17, 15) is 9.18 Å². The van der Waals surface area contributed by atoms with Gasteiger partial charge in [0.25, 0.3) is 0 Å². The molecule has 1 aliphatic rings. The van der Waals surface area contributed by atoms with Crippen LogP contribution < -0.4 is 9.64 Å². The quantitative estimate of drug-likeness (QED) is 0.536. The number of nitrogens with zero attached hydrogens (tertiary/aromatic N) is 4. The summed E-state index contributed by atoms with van der Waals surface area (Å²) >= 11 is 0. The number of amides is 1. The van der Waals surface area contributed by atoms with Crippen LogP contribution in [0.2, 0.25) is 0 Å². The average Bonchev–Trinajstić information content (AvgIpc) is 3.34. The van der Waals surface area contributed by atoms with E-state index < -0.39 is 0 Å². The highest BCUT2D eigenvalue weighted by molar-refractivity contribution is 6.16. The van der Waals surface area contributed by atoms with Crippen molar-refractivity contribution in [1.82, 2.24) is 14.6 Å². The Morgan fingerprint density at radius 2 is 1.94 bits per heavy atom. The molecule has 2 aromatic carbocycles. The molecule has 3 heterocycles. The van der Waals surface area contributed by atoms with Crippen molar-refractivity contribution in [3.8, 4) is 17.1 Å². The number of benzene rings is 2. The van der Waals surface area contributed by atoms with Crippen LogP contribution in [0.4, 0.5) is 10.1 Å². The van der Waals surface area contributed by atoms with Crippen molar-refractivity contribution in [3.63, 3.8) is 0 Å². The zero-order valence-electron chi connectivity index (χ0n) is 16.5. The molecule has 1 saturated heterocycles. The van der Waals surface area contributed by atoms with Crippen LogP contribution in [-0.4, -0.2) is 32.8 Å². The molecule has 0 unspecified atom stereocenters. The summed E-state index contributed by atoms with van der Waals surface area (Å²) in [4.78, 5) is 18.0. The molecule has 1 amide bonds. The van der Waals surface area contributed by atoms with E-state index >= 15 is 0 Å². The Balaban J connectivity index is 1.39. The maximum Gasteiger partial charge on any atom is 0.233 e. The van der Waals surface area contributed by atoms with Crippen molar-refractivity contribution in [2.45, 2.75) is 13.0 Å². The number of hydrogen-bond donors (Lipinski definition) is 1. The summed E-state index contributed by atoms with van der Waals surface area (Å²) in [5.74, 6) is 0.0282. The van der Waals surface area contributed by atoms with Gasteiger partial charge in [-0.2, -0.15) is 0 Å². The Morgan fingerprint density at radius 1 is 1.10 bits per heavy atom. The Labute approximate surface area is 177 Å². The summed E-state index contributed by atoms with van der Waals surface area (Å²) in [6, 6.07) is 17.3. The fourth-order valence-electron chi connectivity index (χ4n) is 3.57. The molecule has 1 N–H and O–H groups in total. The van der Waals surface area contributed by atoms with E-state index in [1.165, 1.54) is 12.1 Å². The van der Waals surface area contributed by atoms with Gasteiger partial charge in [0.15, 0.2) is 5.65 Å². The summed E-state index contributed by atoms with van der Waals surface area (Å²) in [6.45, 7) is 0.537. The Morgan fingerprint density at radius 3 is 2.68 bits per heavy atom. The van der Waals surface area contributed by atoms with Gasteiger partial charge in [0.2, 0.25) is 11.8 Å². The SMILES string of the molecule is N=C1CC(=O)N(c2ccc(-c3cnc4ccc(OCc5cccc(F)c5)nn34)cc2)C1. The number of aromatic nitrogens is 3. The van der Waals surface area contributed by atoms with Gasteiger partial charge in [-0.05, 0) is 35.9 Å². The van der Waals surface area contributed by atoms with Crippen molar-refractivity contribution < 1.29 is 13.9 Å². The molecular formula is C23H18FN5O2. The van der Waals surface area contributed by atoms with Gasteiger partial charge in [0.05, 0.1) is 24.9 Å². The number of ether oxygens (including phenoxy) is 1. The Hall–Kier alpha value is -4.07. The van der Waals surface area contributed by atoms with E-state index in [-0.39, 0.29) is 24.8 Å². The predicted molar refractivity (Wildman–Crippen MR) is 114 cm³/mol. The number of nitrogens with one attached hydrogen (secondary N) is 1. The molecule has 0 radical (unpaired) electrons. The first kappa shape index (κ1) is 18.9. The van der Waals surface area contributed by atoms with Gasteiger partial charge in [-0.25, -0.2) is 13.9 Å². The van der Waals surface area contributed by atoms with Crippen LogP contribution >= 0.6 is 0 Å². The highest BCUT2D eigenvalue weighted by atomic mass is 19.1. The van der Waals surface area contributed by atoms with E-state index in [0.717, 1.165) is 16.9 Å². The van der Waals surface area contributed by atoms with Gasteiger partial charge in [0, 0.05) is 23.0 Å². The van der Waals surface area contributed by atoms with Crippen LogP contribution in [0.1, 0.15) is 12.0 Å². The maximum absolute atomic E-state index is 13.4. The fraction of sp³-hybridized carbons (Fsp3) is 0.130. The zero-order chi connectivity index (χ0) is 21.4. The fourth-order valence-corrected chi connectivity index (χ4v) is 3.57. The van der Waals surface area contributed by atoms with Crippen LogP contribution in [0.15, 0.2) is 66.9 Å². The molecule has 1 aliphatic heterocycles. The molecule has 4 aromatic rings. The first-order valence-corrected chi connectivity index (χ1v) is 9.76. The molecule has 0 spiro atoms. The monoisotopic (exact) mass is 415 g/mol. The standard InChI is InChI=1S/C23H18FN5O2/c24-17-3-1-2-15(10-17)14-31-22-9-8-21-26-12-20(29(21)27-22)16-4-6-19(7-5-16)28-13-18(25)11-23(28)30/h1-10,12,25H,11,13-14H2. The van der Waals surface area contributed by atoms with E-state index in [2.05, 4.69) is 10.1 Å². The van der Waals surface area contributed by atoms with Crippen molar-refractivity contribution in [2.75, 3.05) is 11.4 Å². The zero-order valence-corrected chi connectivity index (χ0v) is 16.5. The molecule has 8 heteroatoms. The number of imidazole rings is 1. The van der Waals surface area contributed by atoms with Crippen LogP contribution in [0.25, 0.3) is 16.9 Å². The molecule has 5 rings (SSSR count). The number of hydrogen-bond acceptors (Lipinski definition) is 5. The molecule has 0 bridgehead atoms. The van der Waals surface area contributed by atoms with Gasteiger partial charge < -0.3 is 15.0 Å². The summed E-state index contributed by atoms with van der Waals surface area (Å²) < 4.78 is 20.8.